The molecule has 8 heteroatoms. The van der Waals surface area contributed by atoms with Crippen molar-refractivity contribution in [2.45, 2.75) is 82.3 Å². The molecule has 2 aliphatic carbocycles. The molecule has 1 aliphatic heterocycles. The third kappa shape index (κ3) is 6.80. The van der Waals surface area contributed by atoms with Crippen LogP contribution in [0.25, 0.3) is 0 Å². The number of hydrogen-bond acceptors (Lipinski definition) is 4. The second kappa shape index (κ2) is 12.4. The lowest BCUT2D eigenvalue weighted by Gasteiger charge is -2.51. The molecule has 1 aromatic rings. The summed E-state index contributed by atoms with van der Waals surface area (Å²) in [5.41, 5.74) is 0.951. The minimum absolute atomic E-state index is 0.0703. The molecule has 3 amide bonds. The van der Waals surface area contributed by atoms with Crippen molar-refractivity contribution in [1.82, 2.24) is 20.0 Å². The molecule has 0 unspecified atom stereocenters. The Morgan fingerprint density at radius 3 is 2.22 bits per heavy atom. The van der Waals surface area contributed by atoms with E-state index in [2.05, 4.69) is 10.2 Å². The standard InChI is InChI=1S/C28H41ClN4O3/c1-31(2)16-15-26(34)30-25(17-20-11-13-22(29)14-12-20)28(36)32-18-24(19-32)33(23-9-4-3-5-10-23)27(35)21-7-6-8-21/h11-14,21,23-25H,3-10,15-19H2,1-2H3,(H,30,34)/t25-/m1/s1. The van der Waals surface area contributed by atoms with Crippen LogP contribution in [0.5, 0.6) is 0 Å². The number of likely N-dealkylation sites (tertiary alicyclic amines) is 1. The van der Waals surface area contributed by atoms with Gasteiger partial charge < -0.3 is 20.0 Å². The molecule has 2 saturated carbocycles. The van der Waals surface area contributed by atoms with Gasteiger partial charge in [0.15, 0.2) is 0 Å². The Morgan fingerprint density at radius 2 is 1.64 bits per heavy atom. The maximum Gasteiger partial charge on any atom is 0.245 e. The van der Waals surface area contributed by atoms with E-state index in [4.69, 9.17) is 11.6 Å². The van der Waals surface area contributed by atoms with E-state index in [1.165, 1.54) is 19.3 Å². The molecule has 1 heterocycles. The Morgan fingerprint density at radius 1 is 0.972 bits per heavy atom. The lowest BCUT2D eigenvalue weighted by Crippen LogP contribution is -2.67. The number of carbonyl (C=O) groups excluding carboxylic acids is 3. The summed E-state index contributed by atoms with van der Waals surface area (Å²) in [4.78, 5) is 45.5. The van der Waals surface area contributed by atoms with Crippen molar-refractivity contribution >= 4 is 29.3 Å². The highest BCUT2D eigenvalue weighted by atomic mass is 35.5. The molecule has 0 bridgehead atoms. The zero-order valence-corrected chi connectivity index (χ0v) is 22.5. The maximum atomic E-state index is 13.6. The summed E-state index contributed by atoms with van der Waals surface area (Å²) in [6.45, 7) is 1.73. The van der Waals surface area contributed by atoms with Crippen LogP contribution in [-0.4, -0.2) is 84.3 Å². The average molecular weight is 517 g/mol. The van der Waals surface area contributed by atoms with Crippen LogP contribution < -0.4 is 5.32 Å². The number of carbonyl (C=O) groups is 3. The van der Waals surface area contributed by atoms with Gasteiger partial charge in [-0.05, 0) is 57.5 Å². The highest BCUT2D eigenvalue weighted by molar-refractivity contribution is 6.30. The zero-order valence-electron chi connectivity index (χ0n) is 21.8. The Balaban J connectivity index is 1.41. The fraction of sp³-hybridized carbons (Fsp3) is 0.679. The molecular weight excluding hydrogens is 476 g/mol. The van der Waals surface area contributed by atoms with E-state index in [-0.39, 0.29) is 23.8 Å². The highest BCUT2D eigenvalue weighted by Crippen LogP contribution is 2.34. The van der Waals surface area contributed by atoms with Crippen molar-refractivity contribution in [2.75, 3.05) is 33.7 Å². The average Bonchev–Trinajstić information content (AvgIpc) is 2.79. The molecule has 198 valence electrons. The fourth-order valence-corrected chi connectivity index (χ4v) is 5.69. The van der Waals surface area contributed by atoms with Crippen molar-refractivity contribution in [3.63, 3.8) is 0 Å². The Kier molecular flexibility index (Phi) is 9.29. The lowest BCUT2D eigenvalue weighted by molar-refractivity contribution is -0.156. The molecule has 36 heavy (non-hydrogen) atoms. The highest BCUT2D eigenvalue weighted by Gasteiger charge is 2.44. The second-order valence-electron chi connectivity index (χ2n) is 11.1. The summed E-state index contributed by atoms with van der Waals surface area (Å²) < 4.78 is 0. The van der Waals surface area contributed by atoms with Gasteiger partial charge in [0.1, 0.15) is 6.04 Å². The van der Waals surface area contributed by atoms with E-state index in [0.29, 0.717) is 49.4 Å². The van der Waals surface area contributed by atoms with Crippen LogP contribution >= 0.6 is 11.6 Å². The summed E-state index contributed by atoms with van der Waals surface area (Å²) in [6, 6.07) is 7.17. The minimum atomic E-state index is -0.632. The van der Waals surface area contributed by atoms with Crippen LogP contribution in [0.3, 0.4) is 0 Å². The zero-order chi connectivity index (χ0) is 25.7. The smallest absolute Gasteiger partial charge is 0.245 e. The van der Waals surface area contributed by atoms with Crippen molar-refractivity contribution in [2.24, 2.45) is 5.92 Å². The predicted molar refractivity (Wildman–Crippen MR) is 142 cm³/mol. The van der Waals surface area contributed by atoms with E-state index < -0.39 is 6.04 Å². The molecule has 7 nitrogen and oxygen atoms in total. The van der Waals surface area contributed by atoms with Crippen LogP contribution in [0.15, 0.2) is 24.3 Å². The fourth-order valence-electron chi connectivity index (χ4n) is 5.56. The van der Waals surface area contributed by atoms with E-state index in [1.54, 1.807) is 12.1 Å². The molecule has 0 spiro atoms. The topological polar surface area (TPSA) is 73.0 Å². The van der Waals surface area contributed by atoms with Gasteiger partial charge in [-0.1, -0.05) is 49.4 Å². The number of benzene rings is 1. The number of rotatable bonds is 10. The van der Waals surface area contributed by atoms with Gasteiger partial charge in [0.25, 0.3) is 0 Å². The van der Waals surface area contributed by atoms with Crippen LogP contribution in [-0.2, 0) is 20.8 Å². The number of halogens is 1. The third-order valence-corrected chi connectivity index (χ3v) is 8.27. The minimum Gasteiger partial charge on any atom is -0.344 e. The number of hydrogen-bond donors (Lipinski definition) is 1. The predicted octanol–water partition coefficient (Wildman–Crippen LogP) is 3.49. The molecule has 4 rings (SSSR count). The number of nitrogens with one attached hydrogen (secondary N) is 1. The molecule has 1 saturated heterocycles. The molecule has 0 aromatic heterocycles. The van der Waals surface area contributed by atoms with Crippen molar-refractivity contribution in [3.8, 4) is 0 Å². The quantitative estimate of drug-likeness (QED) is 0.516. The molecule has 0 radical (unpaired) electrons. The van der Waals surface area contributed by atoms with Crippen LogP contribution in [0, 0.1) is 5.92 Å². The van der Waals surface area contributed by atoms with Crippen LogP contribution in [0.2, 0.25) is 5.02 Å². The lowest BCUT2D eigenvalue weighted by atomic mass is 9.82. The molecule has 1 atom stereocenters. The van der Waals surface area contributed by atoms with Gasteiger partial charge in [-0.3, -0.25) is 14.4 Å². The monoisotopic (exact) mass is 516 g/mol. The largest absolute Gasteiger partial charge is 0.344 e. The van der Waals surface area contributed by atoms with Gasteiger partial charge >= 0.3 is 0 Å². The SMILES string of the molecule is CN(C)CCC(=O)N[C@H](Cc1ccc(Cl)cc1)C(=O)N1CC(N(C(=O)C2CCC2)C2CCCCC2)C1. The molecule has 1 N–H and O–H groups in total. The first-order valence-corrected chi connectivity index (χ1v) is 14.0. The van der Waals surface area contributed by atoms with E-state index in [0.717, 1.165) is 37.7 Å². The number of nitrogens with zero attached hydrogens (tertiary/aromatic N) is 3. The van der Waals surface area contributed by atoms with Crippen molar-refractivity contribution < 1.29 is 14.4 Å². The van der Waals surface area contributed by atoms with Gasteiger partial charge in [-0.25, -0.2) is 0 Å². The molecule has 3 fully saturated rings. The maximum absolute atomic E-state index is 13.6. The first-order chi connectivity index (χ1) is 17.3. The first-order valence-electron chi connectivity index (χ1n) is 13.6. The van der Waals surface area contributed by atoms with Crippen molar-refractivity contribution in [3.05, 3.63) is 34.9 Å². The number of amides is 3. The molecular formula is C28H41ClN4O3. The third-order valence-electron chi connectivity index (χ3n) is 8.02. The second-order valence-corrected chi connectivity index (χ2v) is 11.5. The van der Waals surface area contributed by atoms with E-state index in [1.807, 2.05) is 36.0 Å². The van der Waals surface area contributed by atoms with Crippen molar-refractivity contribution in [1.29, 1.82) is 0 Å². The first kappa shape index (κ1) is 26.9. The normalized spacial score (nSPS) is 19.9. The van der Waals surface area contributed by atoms with E-state index in [9.17, 15) is 14.4 Å². The molecule has 1 aromatic carbocycles. The van der Waals surface area contributed by atoms with Gasteiger partial charge in [0.2, 0.25) is 17.7 Å². The van der Waals surface area contributed by atoms with Gasteiger partial charge in [0, 0.05) is 49.5 Å². The van der Waals surface area contributed by atoms with Crippen LogP contribution in [0.4, 0.5) is 0 Å². The summed E-state index contributed by atoms with van der Waals surface area (Å²) in [5, 5.41) is 3.62. The Bertz CT molecular complexity index is 906. The Labute approximate surface area is 220 Å². The summed E-state index contributed by atoms with van der Waals surface area (Å²) >= 11 is 6.04. The summed E-state index contributed by atoms with van der Waals surface area (Å²) in [6.07, 6.45) is 9.64. The van der Waals surface area contributed by atoms with Gasteiger partial charge in [-0.2, -0.15) is 0 Å². The van der Waals surface area contributed by atoms with Gasteiger partial charge in [0.05, 0.1) is 6.04 Å². The molecule has 3 aliphatic rings. The van der Waals surface area contributed by atoms with Gasteiger partial charge in [-0.15, -0.1) is 0 Å². The van der Waals surface area contributed by atoms with Crippen LogP contribution in [0.1, 0.15) is 63.4 Å². The Hall–Kier alpha value is -2.12. The van der Waals surface area contributed by atoms with E-state index >= 15 is 0 Å². The summed E-state index contributed by atoms with van der Waals surface area (Å²) in [5.74, 6) is 0.279. The summed E-state index contributed by atoms with van der Waals surface area (Å²) in [7, 11) is 3.85.